The van der Waals surface area contributed by atoms with E-state index in [1.54, 1.807) is 0 Å². The Morgan fingerprint density at radius 2 is 1.79 bits per heavy atom. The highest BCUT2D eigenvalue weighted by atomic mass is 32.2. The molecule has 0 aliphatic heterocycles. The summed E-state index contributed by atoms with van der Waals surface area (Å²) in [4.78, 5) is 13.4. The summed E-state index contributed by atoms with van der Waals surface area (Å²) < 4.78 is 25.1. The number of rotatable bonds is 4. The van der Waals surface area contributed by atoms with E-state index in [9.17, 15) is 18.5 Å². The molecule has 0 saturated heterocycles. The van der Waals surface area contributed by atoms with Crippen LogP contribution >= 0.6 is 11.3 Å². The molecule has 126 valence electrons. The molecule has 1 aromatic heterocycles. The lowest BCUT2D eigenvalue weighted by atomic mass is 10.2. The van der Waals surface area contributed by atoms with E-state index in [0.717, 1.165) is 14.7 Å². The molecule has 0 unspecified atom stereocenters. The Morgan fingerprint density at radius 3 is 2.29 bits per heavy atom. The fraction of sp³-hybridized carbons (Fsp3) is 0.250. The number of nitrogens with one attached hydrogen (secondary N) is 1. The Labute approximate surface area is 145 Å². The lowest BCUT2D eigenvalue weighted by Crippen LogP contribution is -2.22. The number of hydrogen-bond acceptors (Lipinski definition) is 5. The van der Waals surface area contributed by atoms with Gasteiger partial charge in [-0.25, -0.2) is 12.7 Å². The van der Waals surface area contributed by atoms with Crippen LogP contribution in [0.25, 0.3) is 0 Å². The molecule has 1 heterocycles. The first-order chi connectivity index (χ1) is 11.2. The summed E-state index contributed by atoms with van der Waals surface area (Å²) in [6.07, 6.45) is 0. The number of amides is 1. The molecule has 0 fully saturated rings. The van der Waals surface area contributed by atoms with Crippen LogP contribution < -0.4 is 5.32 Å². The molecule has 6 nitrogen and oxygen atoms in total. The van der Waals surface area contributed by atoms with Crippen LogP contribution in [0.5, 0.6) is 0 Å². The summed E-state index contributed by atoms with van der Waals surface area (Å²) >= 11 is 1.34. The van der Waals surface area contributed by atoms with Crippen molar-refractivity contribution in [1.82, 2.24) is 4.31 Å². The van der Waals surface area contributed by atoms with E-state index in [4.69, 9.17) is 0 Å². The fourth-order valence-corrected chi connectivity index (χ4v) is 3.92. The SMILES string of the molecule is Cc1sc(NC(=O)c2ccc(S(=O)(=O)N(C)C)cc2)c(C#N)c1C. The first-order valence-electron chi connectivity index (χ1n) is 7.02. The number of anilines is 1. The average Bonchev–Trinajstić information content (AvgIpc) is 2.81. The lowest BCUT2D eigenvalue weighted by Gasteiger charge is -2.11. The van der Waals surface area contributed by atoms with Crippen molar-refractivity contribution in [3.63, 3.8) is 0 Å². The van der Waals surface area contributed by atoms with E-state index in [1.165, 1.54) is 49.7 Å². The summed E-state index contributed by atoms with van der Waals surface area (Å²) in [7, 11) is -0.640. The van der Waals surface area contributed by atoms with Crippen molar-refractivity contribution in [2.24, 2.45) is 0 Å². The van der Waals surface area contributed by atoms with E-state index in [-0.39, 0.29) is 10.8 Å². The van der Waals surface area contributed by atoms with Crippen LogP contribution in [0, 0.1) is 25.2 Å². The Bertz CT molecular complexity index is 921. The van der Waals surface area contributed by atoms with Gasteiger partial charge in [-0.2, -0.15) is 5.26 Å². The predicted molar refractivity (Wildman–Crippen MR) is 93.8 cm³/mol. The van der Waals surface area contributed by atoms with Crippen molar-refractivity contribution in [2.45, 2.75) is 18.7 Å². The van der Waals surface area contributed by atoms with Gasteiger partial charge in [0.1, 0.15) is 11.1 Å². The van der Waals surface area contributed by atoms with Crippen LogP contribution in [0.15, 0.2) is 29.2 Å². The molecule has 1 amide bonds. The Morgan fingerprint density at radius 1 is 1.21 bits per heavy atom. The number of carbonyl (C=O) groups is 1. The molecule has 0 bridgehead atoms. The molecule has 0 aliphatic rings. The van der Waals surface area contributed by atoms with Gasteiger partial charge >= 0.3 is 0 Å². The van der Waals surface area contributed by atoms with E-state index >= 15 is 0 Å². The van der Waals surface area contributed by atoms with Crippen molar-refractivity contribution in [2.75, 3.05) is 19.4 Å². The van der Waals surface area contributed by atoms with Crippen molar-refractivity contribution in [3.8, 4) is 6.07 Å². The number of aryl methyl sites for hydroxylation is 1. The highest BCUT2D eigenvalue weighted by Crippen LogP contribution is 2.32. The first-order valence-corrected chi connectivity index (χ1v) is 9.28. The molecular formula is C16H17N3O3S2. The van der Waals surface area contributed by atoms with Crippen LogP contribution in [0.4, 0.5) is 5.00 Å². The summed E-state index contributed by atoms with van der Waals surface area (Å²) in [6, 6.07) is 7.77. The van der Waals surface area contributed by atoms with Crippen molar-refractivity contribution in [3.05, 3.63) is 45.8 Å². The van der Waals surface area contributed by atoms with Crippen molar-refractivity contribution in [1.29, 1.82) is 5.26 Å². The molecule has 0 saturated carbocycles. The van der Waals surface area contributed by atoms with E-state index in [0.29, 0.717) is 16.1 Å². The second-order valence-electron chi connectivity index (χ2n) is 5.37. The number of sulfonamides is 1. The topological polar surface area (TPSA) is 90.3 Å². The van der Waals surface area contributed by atoms with Gasteiger partial charge in [0.25, 0.3) is 5.91 Å². The summed E-state index contributed by atoms with van der Waals surface area (Å²) in [5.74, 6) is -0.387. The lowest BCUT2D eigenvalue weighted by molar-refractivity contribution is 0.102. The van der Waals surface area contributed by atoms with Gasteiger partial charge < -0.3 is 5.32 Å². The van der Waals surface area contributed by atoms with Crippen LogP contribution in [0.1, 0.15) is 26.4 Å². The van der Waals surface area contributed by atoms with Gasteiger partial charge in [-0.1, -0.05) is 0 Å². The maximum atomic E-state index is 12.3. The third-order valence-corrected chi connectivity index (χ3v) is 6.57. The zero-order valence-electron chi connectivity index (χ0n) is 13.7. The molecule has 2 rings (SSSR count). The Kier molecular flexibility index (Phi) is 5.08. The zero-order chi connectivity index (χ0) is 18.1. The second kappa shape index (κ2) is 6.73. The maximum Gasteiger partial charge on any atom is 0.256 e. The molecule has 0 atom stereocenters. The molecular weight excluding hydrogens is 346 g/mol. The van der Waals surface area contributed by atoms with Crippen LogP contribution in [-0.4, -0.2) is 32.7 Å². The number of hydrogen-bond donors (Lipinski definition) is 1. The minimum absolute atomic E-state index is 0.115. The van der Waals surface area contributed by atoms with Gasteiger partial charge in [-0.15, -0.1) is 11.3 Å². The van der Waals surface area contributed by atoms with Crippen LogP contribution in [0.3, 0.4) is 0 Å². The molecule has 1 N–H and O–H groups in total. The number of benzene rings is 1. The molecule has 1 aromatic carbocycles. The average molecular weight is 363 g/mol. The van der Waals surface area contributed by atoms with Crippen molar-refractivity contribution >= 4 is 32.3 Å². The molecule has 0 radical (unpaired) electrons. The zero-order valence-corrected chi connectivity index (χ0v) is 15.4. The Balaban J connectivity index is 2.26. The normalized spacial score (nSPS) is 11.3. The Hall–Kier alpha value is -2.21. The van der Waals surface area contributed by atoms with E-state index in [1.807, 2.05) is 13.8 Å². The number of carbonyl (C=O) groups excluding carboxylic acids is 1. The fourth-order valence-electron chi connectivity index (χ4n) is 2.01. The molecule has 0 spiro atoms. The summed E-state index contributed by atoms with van der Waals surface area (Å²) in [5, 5.41) is 12.4. The standard InChI is InChI=1S/C16H17N3O3S2/c1-10-11(2)23-16(14(10)9-17)18-15(20)12-5-7-13(8-6-12)24(21,22)19(3)4/h5-8H,1-4H3,(H,18,20). The highest BCUT2D eigenvalue weighted by molar-refractivity contribution is 7.89. The molecule has 24 heavy (non-hydrogen) atoms. The highest BCUT2D eigenvalue weighted by Gasteiger charge is 2.19. The van der Waals surface area contributed by atoms with E-state index in [2.05, 4.69) is 11.4 Å². The summed E-state index contributed by atoms with van der Waals surface area (Å²) in [5.41, 5.74) is 1.63. The monoisotopic (exact) mass is 363 g/mol. The number of thiophene rings is 1. The number of nitriles is 1. The quantitative estimate of drug-likeness (QED) is 0.904. The predicted octanol–water partition coefficient (Wildman–Crippen LogP) is 2.74. The summed E-state index contributed by atoms with van der Waals surface area (Å²) in [6.45, 7) is 3.72. The maximum absolute atomic E-state index is 12.3. The largest absolute Gasteiger partial charge is 0.312 e. The van der Waals surface area contributed by atoms with Gasteiger partial charge in [0, 0.05) is 24.5 Å². The molecule has 0 aliphatic carbocycles. The van der Waals surface area contributed by atoms with Crippen LogP contribution in [0.2, 0.25) is 0 Å². The minimum Gasteiger partial charge on any atom is -0.312 e. The molecule has 2 aromatic rings. The first kappa shape index (κ1) is 18.1. The van der Waals surface area contributed by atoms with E-state index < -0.39 is 10.0 Å². The van der Waals surface area contributed by atoms with Gasteiger partial charge in [-0.05, 0) is 43.7 Å². The van der Waals surface area contributed by atoms with Gasteiger partial charge in [0.05, 0.1) is 10.5 Å². The smallest absolute Gasteiger partial charge is 0.256 e. The van der Waals surface area contributed by atoms with Crippen LogP contribution in [-0.2, 0) is 10.0 Å². The third-order valence-electron chi connectivity index (χ3n) is 3.62. The third kappa shape index (κ3) is 3.33. The molecule has 8 heteroatoms. The minimum atomic E-state index is -3.53. The van der Waals surface area contributed by atoms with Gasteiger partial charge in [0.2, 0.25) is 10.0 Å². The van der Waals surface area contributed by atoms with Crippen molar-refractivity contribution < 1.29 is 13.2 Å². The van der Waals surface area contributed by atoms with Gasteiger partial charge in [-0.3, -0.25) is 4.79 Å². The van der Waals surface area contributed by atoms with Gasteiger partial charge in [0.15, 0.2) is 0 Å². The second-order valence-corrected chi connectivity index (χ2v) is 8.74. The number of nitrogens with zero attached hydrogens (tertiary/aromatic N) is 2.